The second-order valence-electron chi connectivity index (χ2n) is 5.37. The number of benzene rings is 2. The predicted octanol–water partition coefficient (Wildman–Crippen LogP) is 1.71. The second-order valence-corrected chi connectivity index (χ2v) is 5.37. The highest BCUT2D eigenvalue weighted by atomic mass is 16.6. The lowest BCUT2D eigenvalue weighted by molar-refractivity contribution is -0.386. The van der Waals surface area contributed by atoms with Gasteiger partial charge in [0.05, 0.1) is 18.2 Å². The van der Waals surface area contributed by atoms with Gasteiger partial charge in [-0.15, -0.1) is 0 Å². The molecule has 0 aliphatic heterocycles. The molecule has 0 aliphatic rings. The van der Waals surface area contributed by atoms with Gasteiger partial charge < -0.3 is 15.2 Å². The Labute approximate surface area is 153 Å². The maximum absolute atomic E-state index is 11.8. The van der Waals surface area contributed by atoms with E-state index in [2.05, 4.69) is 10.4 Å². The van der Waals surface area contributed by atoms with E-state index in [1.807, 2.05) is 18.4 Å². The molecule has 0 bridgehead atoms. The molecule has 27 heavy (non-hydrogen) atoms. The number of hydrogen-bond donors (Lipinski definition) is 3. The number of hydrogen-bond acceptors (Lipinski definition) is 7. The summed E-state index contributed by atoms with van der Waals surface area (Å²) in [6.07, 6.45) is 1.08. The second kappa shape index (κ2) is 8.43. The van der Waals surface area contributed by atoms with Crippen LogP contribution in [0.5, 0.6) is 11.5 Å². The van der Waals surface area contributed by atoms with Gasteiger partial charge in [0.25, 0.3) is 0 Å². The van der Waals surface area contributed by atoms with Crippen molar-refractivity contribution in [1.29, 1.82) is 0 Å². The topological polar surface area (TPSA) is 143 Å². The Balaban J connectivity index is 2.06. The zero-order chi connectivity index (χ0) is 20.0. The number of phenolic OH excluding ortho intramolecular Hbond substituents is 1. The molecule has 0 fully saturated rings. The first kappa shape index (κ1) is 19.4. The monoisotopic (exact) mass is 372 g/mol. The maximum atomic E-state index is 11.8. The van der Waals surface area contributed by atoms with Crippen molar-refractivity contribution in [3.8, 4) is 11.5 Å². The molecular weight excluding hydrogens is 356 g/mol. The van der Waals surface area contributed by atoms with Crippen LogP contribution in [-0.4, -0.2) is 35.2 Å². The predicted molar refractivity (Wildman–Crippen MR) is 96.9 cm³/mol. The Morgan fingerprint density at radius 1 is 1.26 bits per heavy atom. The molecule has 0 unspecified atom stereocenters. The average Bonchev–Trinajstić information content (AvgIpc) is 2.62. The summed E-state index contributed by atoms with van der Waals surface area (Å²) in [6.45, 7) is 1.84. The normalized spacial score (nSPS) is 10.4. The molecule has 10 nitrogen and oxygen atoms in total. The summed E-state index contributed by atoms with van der Waals surface area (Å²) in [7, 11) is 1.23. The van der Waals surface area contributed by atoms with E-state index in [9.17, 15) is 24.8 Å². The fraction of sp³-hybridized carbons (Fsp3) is 0.118. The van der Waals surface area contributed by atoms with Crippen LogP contribution in [0.1, 0.15) is 11.1 Å². The van der Waals surface area contributed by atoms with Gasteiger partial charge in [0.2, 0.25) is 5.75 Å². The number of methoxy groups -OCH3 is 1. The van der Waals surface area contributed by atoms with E-state index in [1.165, 1.54) is 13.2 Å². The van der Waals surface area contributed by atoms with Gasteiger partial charge in [-0.2, -0.15) is 5.10 Å². The molecule has 2 rings (SSSR count). The zero-order valence-corrected chi connectivity index (χ0v) is 14.4. The molecule has 0 aliphatic carbocycles. The number of nitro benzene ring substituents is 1. The standard InChI is InChI=1S/C17H16N4O6/c1-10-4-3-5-12(6-10)19-16(23)17(24)20-18-9-11-7-13(21(25)26)15(22)14(8-11)27-2/h3-9,22H,1-2H3,(H,19,23)(H,20,24)/b18-9-. The molecule has 0 spiro atoms. The van der Waals surface area contributed by atoms with Gasteiger partial charge in [0.1, 0.15) is 0 Å². The molecule has 0 saturated heterocycles. The number of carbonyl (C=O) groups is 2. The van der Waals surface area contributed by atoms with Crippen molar-refractivity contribution in [2.45, 2.75) is 6.92 Å². The number of amides is 2. The van der Waals surface area contributed by atoms with Crippen LogP contribution in [0.2, 0.25) is 0 Å². The molecule has 0 atom stereocenters. The Hall–Kier alpha value is -3.95. The van der Waals surface area contributed by atoms with E-state index in [0.29, 0.717) is 5.69 Å². The molecule has 0 saturated carbocycles. The van der Waals surface area contributed by atoms with Gasteiger partial charge in [0.15, 0.2) is 5.75 Å². The largest absolute Gasteiger partial charge is 0.500 e. The number of aromatic hydroxyl groups is 1. The summed E-state index contributed by atoms with van der Waals surface area (Å²) >= 11 is 0. The maximum Gasteiger partial charge on any atom is 0.329 e. The number of rotatable bonds is 5. The van der Waals surface area contributed by atoms with Crippen LogP contribution in [0.15, 0.2) is 41.5 Å². The molecule has 10 heteroatoms. The van der Waals surface area contributed by atoms with Crippen molar-refractivity contribution in [1.82, 2.24) is 5.43 Å². The number of anilines is 1. The molecule has 2 aromatic carbocycles. The van der Waals surface area contributed by atoms with E-state index in [4.69, 9.17) is 4.74 Å². The summed E-state index contributed by atoms with van der Waals surface area (Å²) in [5, 5.41) is 26.6. The lowest BCUT2D eigenvalue weighted by atomic mass is 10.2. The van der Waals surface area contributed by atoms with E-state index in [-0.39, 0.29) is 11.3 Å². The molecule has 2 aromatic rings. The molecule has 0 radical (unpaired) electrons. The minimum absolute atomic E-state index is 0.130. The summed E-state index contributed by atoms with van der Waals surface area (Å²) in [5.74, 6) is -2.70. The number of hydrazone groups is 1. The quantitative estimate of drug-likeness (QED) is 0.315. The zero-order valence-electron chi connectivity index (χ0n) is 14.4. The first-order valence-electron chi connectivity index (χ1n) is 7.58. The highest BCUT2D eigenvalue weighted by Gasteiger charge is 2.19. The van der Waals surface area contributed by atoms with Crippen LogP contribution in [0.3, 0.4) is 0 Å². The molecule has 2 amide bonds. The van der Waals surface area contributed by atoms with E-state index >= 15 is 0 Å². The fourth-order valence-corrected chi connectivity index (χ4v) is 2.11. The van der Waals surface area contributed by atoms with Gasteiger partial charge >= 0.3 is 17.5 Å². The Bertz CT molecular complexity index is 926. The average molecular weight is 372 g/mol. The molecule has 0 aromatic heterocycles. The van der Waals surface area contributed by atoms with Crippen molar-refractivity contribution in [2.24, 2.45) is 5.10 Å². The minimum atomic E-state index is -1.02. The van der Waals surface area contributed by atoms with Crippen LogP contribution < -0.4 is 15.5 Å². The summed E-state index contributed by atoms with van der Waals surface area (Å²) < 4.78 is 4.85. The minimum Gasteiger partial charge on any atom is -0.500 e. The van der Waals surface area contributed by atoms with E-state index < -0.39 is 28.2 Å². The van der Waals surface area contributed by atoms with Crippen LogP contribution in [0, 0.1) is 17.0 Å². The third-order valence-corrected chi connectivity index (χ3v) is 3.36. The van der Waals surface area contributed by atoms with Gasteiger partial charge in [-0.25, -0.2) is 5.43 Å². The van der Waals surface area contributed by atoms with Gasteiger partial charge in [-0.3, -0.25) is 19.7 Å². The number of aryl methyl sites for hydroxylation is 1. The van der Waals surface area contributed by atoms with Crippen molar-refractivity contribution in [3.05, 3.63) is 57.6 Å². The molecule has 0 heterocycles. The number of ether oxygens (including phenoxy) is 1. The number of phenols is 1. The van der Waals surface area contributed by atoms with Crippen molar-refractivity contribution in [3.63, 3.8) is 0 Å². The van der Waals surface area contributed by atoms with Gasteiger partial charge in [-0.05, 0) is 30.7 Å². The lowest BCUT2D eigenvalue weighted by Crippen LogP contribution is -2.32. The molecule has 3 N–H and O–H groups in total. The van der Waals surface area contributed by atoms with Crippen LogP contribution in [-0.2, 0) is 9.59 Å². The van der Waals surface area contributed by atoms with E-state index in [0.717, 1.165) is 17.8 Å². The third-order valence-electron chi connectivity index (χ3n) is 3.36. The fourth-order valence-electron chi connectivity index (χ4n) is 2.11. The summed E-state index contributed by atoms with van der Waals surface area (Å²) in [5.41, 5.74) is 2.97. The smallest absolute Gasteiger partial charge is 0.329 e. The molecular formula is C17H16N4O6. The lowest BCUT2D eigenvalue weighted by Gasteiger charge is -2.05. The Morgan fingerprint density at radius 2 is 2.00 bits per heavy atom. The first-order valence-corrected chi connectivity index (χ1v) is 7.58. The summed E-state index contributed by atoms with van der Waals surface area (Å²) in [4.78, 5) is 33.7. The van der Waals surface area contributed by atoms with Gasteiger partial charge in [-0.1, -0.05) is 12.1 Å². The molecule has 140 valence electrons. The van der Waals surface area contributed by atoms with Crippen molar-refractivity contribution >= 4 is 29.4 Å². The van der Waals surface area contributed by atoms with Crippen molar-refractivity contribution < 1.29 is 24.4 Å². The third kappa shape index (κ3) is 5.01. The Kier molecular flexibility index (Phi) is 6.05. The first-order chi connectivity index (χ1) is 12.8. The van der Waals surface area contributed by atoms with Crippen LogP contribution in [0.4, 0.5) is 11.4 Å². The SMILES string of the molecule is COc1cc(/C=N\NC(=O)C(=O)Nc2cccc(C)c2)cc([N+](=O)[O-])c1O. The van der Waals surface area contributed by atoms with E-state index in [1.54, 1.807) is 18.2 Å². The Morgan fingerprint density at radius 3 is 2.63 bits per heavy atom. The summed E-state index contributed by atoms with van der Waals surface area (Å²) in [6, 6.07) is 9.21. The van der Waals surface area contributed by atoms with Crippen molar-refractivity contribution in [2.75, 3.05) is 12.4 Å². The number of nitro groups is 1. The van der Waals surface area contributed by atoms with Crippen LogP contribution in [0.25, 0.3) is 0 Å². The number of nitrogens with one attached hydrogen (secondary N) is 2. The van der Waals surface area contributed by atoms with Gasteiger partial charge in [0, 0.05) is 17.3 Å². The number of carbonyl (C=O) groups excluding carboxylic acids is 2. The number of nitrogens with zero attached hydrogens (tertiary/aromatic N) is 2. The highest BCUT2D eigenvalue weighted by molar-refractivity contribution is 6.39. The highest BCUT2D eigenvalue weighted by Crippen LogP contribution is 2.36. The van der Waals surface area contributed by atoms with Crippen LogP contribution >= 0.6 is 0 Å².